The number of sulfone groups is 1. The number of thiazole rings is 1. The van der Waals surface area contributed by atoms with Gasteiger partial charge in [0.1, 0.15) is 0 Å². The molecule has 1 amide bonds. The van der Waals surface area contributed by atoms with Crippen molar-refractivity contribution in [1.29, 1.82) is 0 Å². The van der Waals surface area contributed by atoms with Gasteiger partial charge in [-0.3, -0.25) is 4.79 Å². The van der Waals surface area contributed by atoms with Gasteiger partial charge in [-0.2, -0.15) is 0 Å². The predicted octanol–water partition coefficient (Wildman–Crippen LogP) is 2.83. The largest absolute Gasteiger partial charge is 0.342 e. The number of rotatable bonds is 3. The highest BCUT2D eigenvalue weighted by atomic mass is 32.2. The van der Waals surface area contributed by atoms with E-state index in [-0.39, 0.29) is 23.3 Å². The summed E-state index contributed by atoms with van der Waals surface area (Å²) in [7, 11) is -2.92. The Morgan fingerprint density at radius 2 is 2.12 bits per heavy atom. The van der Waals surface area contributed by atoms with E-state index in [1.54, 1.807) is 11.3 Å². The number of aromatic nitrogens is 1. The van der Waals surface area contributed by atoms with Crippen molar-refractivity contribution >= 4 is 37.3 Å². The van der Waals surface area contributed by atoms with Crippen molar-refractivity contribution in [1.82, 2.24) is 9.88 Å². The van der Waals surface area contributed by atoms with E-state index in [0.717, 1.165) is 29.9 Å². The highest BCUT2D eigenvalue weighted by Gasteiger charge is 2.32. The highest BCUT2D eigenvalue weighted by Crippen LogP contribution is 2.33. The molecule has 0 spiro atoms. The number of likely N-dealkylation sites (tertiary alicyclic amines) is 1. The average Bonchev–Trinajstić information content (AvgIpc) is 3.18. The van der Waals surface area contributed by atoms with Gasteiger partial charge in [-0.05, 0) is 37.3 Å². The Bertz CT molecular complexity index is 858. The molecule has 134 valence electrons. The van der Waals surface area contributed by atoms with Crippen LogP contribution in [0.1, 0.15) is 36.6 Å². The predicted molar refractivity (Wildman–Crippen MR) is 99.6 cm³/mol. The molecule has 0 radical (unpaired) electrons. The lowest BCUT2D eigenvalue weighted by Crippen LogP contribution is -2.39. The fraction of sp³-hybridized carbons (Fsp3) is 0.556. The zero-order chi connectivity index (χ0) is 17.4. The van der Waals surface area contributed by atoms with Crippen LogP contribution >= 0.6 is 11.3 Å². The van der Waals surface area contributed by atoms with Gasteiger partial charge in [0, 0.05) is 25.4 Å². The molecule has 0 unspecified atom stereocenters. The minimum Gasteiger partial charge on any atom is -0.342 e. The molecule has 0 aliphatic carbocycles. The highest BCUT2D eigenvalue weighted by molar-refractivity contribution is 7.91. The Balaban J connectivity index is 1.42. The topological polar surface area (TPSA) is 67.3 Å². The van der Waals surface area contributed by atoms with Crippen LogP contribution in [-0.4, -0.2) is 48.8 Å². The summed E-state index contributed by atoms with van der Waals surface area (Å²) in [5, 5.41) is 1.11. The first kappa shape index (κ1) is 17.0. The molecule has 2 aliphatic heterocycles. The molecule has 3 heterocycles. The van der Waals surface area contributed by atoms with Crippen molar-refractivity contribution in [3.05, 3.63) is 29.3 Å². The molecule has 2 aliphatic rings. The molecule has 2 atom stereocenters. The van der Waals surface area contributed by atoms with Crippen LogP contribution in [-0.2, 0) is 14.6 Å². The van der Waals surface area contributed by atoms with Crippen molar-refractivity contribution in [3.63, 3.8) is 0 Å². The summed E-state index contributed by atoms with van der Waals surface area (Å²) in [4.78, 5) is 19.3. The van der Waals surface area contributed by atoms with Crippen molar-refractivity contribution in [2.45, 2.75) is 31.6 Å². The summed E-state index contributed by atoms with van der Waals surface area (Å²) in [6, 6.07) is 8.14. The lowest BCUT2D eigenvalue weighted by atomic mass is 9.97. The summed E-state index contributed by atoms with van der Waals surface area (Å²) in [6.45, 7) is 1.48. The first-order valence-corrected chi connectivity index (χ1v) is 11.5. The van der Waals surface area contributed by atoms with Crippen LogP contribution in [0.25, 0.3) is 10.2 Å². The zero-order valence-corrected chi connectivity index (χ0v) is 15.7. The minimum atomic E-state index is -2.92. The molecule has 2 aromatic rings. The van der Waals surface area contributed by atoms with Gasteiger partial charge in [0.2, 0.25) is 5.91 Å². The standard InChI is InChI=1S/C18H22N2O3S2/c21-17(10-13-7-9-25(22,23)12-13)20-8-3-4-14(11-20)18-19-15-5-1-2-6-16(15)24-18/h1-2,5-6,13-14H,3-4,7-12H2/t13-,14-/m0/s1. The number of carbonyl (C=O) groups excluding carboxylic acids is 1. The van der Waals surface area contributed by atoms with Crippen molar-refractivity contribution < 1.29 is 13.2 Å². The Labute approximate surface area is 152 Å². The molecule has 0 N–H and O–H groups in total. The molecular weight excluding hydrogens is 356 g/mol. The number of nitrogens with zero attached hydrogens (tertiary/aromatic N) is 2. The number of para-hydroxylation sites is 1. The van der Waals surface area contributed by atoms with Crippen LogP contribution in [0.5, 0.6) is 0 Å². The van der Waals surface area contributed by atoms with Gasteiger partial charge in [0.25, 0.3) is 0 Å². The van der Waals surface area contributed by atoms with Crippen LogP contribution in [0.3, 0.4) is 0 Å². The van der Waals surface area contributed by atoms with Crippen LogP contribution < -0.4 is 0 Å². The van der Waals surface area contributed by atoms with Crippen molar-refractivity contribution in [2.75, 3.05) is 24.6 Å². The van der Waals surface area contributed by atoms with Crippen molar-refractivity contribution in [3.8, 4) is 0 Å². The molecule has 2 saturated heterocycles. The van der Waals surface area contributed by atoms with E-state index in [0.29, 0.717) is 25.3 Å². The van der Waals surface area contributed by atoms with Gasteiger partial charge in [-0.25, -0.2) is 13.4 Å². The molecule has 0 bridgehead atoms. The van der Waals surface area contributed by atoms with Crippen LogP contribution in [0.15, 0.2) is 24.3 Å². The normalized spacial score (nSPS) is 26.2. The second kappa shape index (κ2) is 6.68. The molecule has 7 heteroatoms. The minimum absolute atomic E-state index is 0.000303. The maximum absolute atomic E-state index is 12.6. The van der Waals surface area contributed by atoms with Gasteiger partial charge < -0.3 is 4.90 Å². The summed E-state index contributed by atoms with van der Waals surface area (Å²) >= 11 is 1.72. The average molecular weight is 379 g/mol. The monoisotopic (exact) mass is 378 g/mol. The maximum atomic E-state index is 12.6. The Morgan fingerprint density at radius 1 is 1.28 bits per heavy atom. The van der Waals surface area contributed by atoms with Gasteiger partial charge >= 0.3 is 0 Å². The Kier molecular flexibility index (Phi) is 4.54. The Morgan fingerprint density at radius 3 is 2.88 bits per heavy atom. The van der Waals surface area contributed by atoms with E-state index >= 15 is 0 Å². The molecule has 25 heavy (non-hydrogen) atoms. The summed E-state index contributed by atoms with van der Waals surface area (Å²) in [6.07, 6.45) is 3.03. The SMILES string of the molecule is O=C(C[C@@H]1CCS(=O)(=O)C1)N1CCC[C@H](c2nc3ccccc3s2)C1. The molecule has 0 saturated carbocycles. The maximum Gasteiger partial charge on any atom is 0.222 e. The van der Waals surface area contributed by atoms with E-state index in [9.17, 15) is 13.2 Å². The number of hydrogen-bond donors (Lipinski definition) is 0. The van der Waals surface area contributed by atoms with Gasteiger partial charge in [0.15, 0.2) is 9.84 Å². The molecule has 4 rings (SSSR count). The molecule has 1 aromatic heterocycles. The van der Waals surface area contributed by atoms with E-state index in [1.807, 2.05) is 23.1 Å². The number of amides is 1. The van der Waals surface area contributed by atoms with Gasteiger partial charge in [-0.1, -0.05) is 12.1 Å². The second-order valence-corrected chi connectivity index (χ2v) is 10.5. The van der Waals surface area contributed by atoms with Crippen molar-refractivity contribution in [2.24, 2.45) is 5.92 Å². The number of piperidine rings is 1. The van der Waals surface area contributed by atoms with Crippen LogP contribution in [0, 0.1) is 5.92 Å². The van der Waals surface area contributed by atoms with Crippen LogP contribution in [0.4, 0.5) is 0 Å². The first-order chi connectivity index (χ1) is 12.0. The third-order valence-corrected chi connectivity index (χ3v) is 8.26. The fourth-order valence-electron chi connectivity index (χ4n) is 3.88. The van der Waals surface area contributed by atoms with Gasteiger partial charge in [-0.15, -0.1) is 11.3 Å². The third-order valence-electron chi connectivity index (χ3n) is 5.22. The second-order valence-electron chi connectivity index (χ2n) is 7.17. The van der Waals surface area contributed by atoms with E-state index in [4.69, 9.17) is 4.98 Å². The third kappa shape index (κ3) is 3.72. The lowest BCUT2D eigenvalue weighted by molar-refractivity contribution is -0.133. The smallest absolute Gasteiger partial charge is 0.222 e. The molecular formula is C18H22N2O3S2. The molecule has 2 fully saturated rings. The summed E-state index contributed by atoms with van der Waals surface area (Å²) in [5.74, 6) is 0.809. The molecule has 1 aromatic carbocycles. The first-order valence-electron chi connectivity index (χ1n) is 8.84. The molecule has 5 nitrogen and oxygen atoms in total. The number of benzene rings is 1. The lowest BCUT2D eigenvalue weighted by Gasteiger charge is -2.32. The number of carbonyl (C=O) groups is 1. The summed E-state index contributed by atoms with van der Waals surface area (Å²) in [5.41, 5.74) is 1.03. The Hall–Kier alpha value is -1.47. The van der Waals surface area contributed by atoms with E-state index in [2.05, 4.69) is 6.07 Å². The van der Waals surface area contributed by atoms with Gasteiger partial charge in [0.05, 0.1) is 26.7 Å². The quantitative estimate of drug-likeness (QED) is 0.824. The summed E-state index contributed by atoms with van der Waals surface area (Å²) < 4.78 is 24.4. The fourth-order valence-corrected chi connectivity index (χ4v) is 6.83. The number of hydrogen-bond acceptors (Lipinski definition) is 5. The van der Waals surface area contributed by atoms with E-state index < -0.39 is 9.84 Å². The zero-order valence-electron chi connectivity index (χ0n) is 14.1. The van der Waals surface area contributed by atoms with Crippen LogP contribution in [0.2, 0.25) is 0 Å². The van der Waals surface area contributed by atoms with E-state index in [1.165, 1.54) is 4.70 Å². The number of fused-ring (bicyclic) bond motifs is 1.